The first kappa shape index (κ1) is 7.06. The molecule has 2 atom stereocenters. The molecule has 0 aromatic carbocycles. The number of nitrogens with zero attached hydrogens (tertiary/aromatic N) is 1. The van der Waals surface area contributed by atoms with Crippen LogP contribution in [0.4, 0.5) is 0 Å². The molecule has 1 saturated heterocycles. The van der Waals surface area contributed by atoms with E-state index in [2.05, 4.69) is 4.90 Å². The molecule has 0 aromatic rings. The number of carbonyl (C=O) groups is 1. The molecule has 4 N–H and O–H groups in total. The fraction of sp³-hybridized carbons (Fsp3) is 0.857. The van der Waals surface area contributed by atoms with Crippen LogP contribution in [-0.4, -0.2) is 36.5 Å². The average Bonchev–Trinajstić information content (AvgIpc) is 2.38. The molecule has 0 aromatic heterocycles. The zero-order valence-electron chi connectivity index (χ0n) is 6.58. The van der Waals surface area contributed by atoms with E-state index in [1.807, 2.05) is 7.05 Å². The summed E-state index contributed by atoms with van der Waals surface area (Å²) in [4.78, 5) is 13.1. The van der Waals surface area contributed by atoms with Gasteiger partial charge >= 0.3 is 0 Å². The second-order valence-corrected chi connectivity index (χ2v) is 3.73. The van der Waals surface area contributed by atoms with Crippen LogP contribution in [0.3, 0.4) is 0 Å². The lowest BCUT2D eigenvalue weighted by atomic mass is 10.1. The van der Waals surface area contributed by atoms with Crippen LogP contribution in [0.5, 0.6) is 0 Å². The number of hydrogen-bond acceptors (Lipinski definition) is 3. The van der Waals surface area contributed by atoms with Gasteiger partial charge in [0.1, 0.15) is 5.54 Å². The van der Waals surface area contributed by atoms with Crippen molar-refractivity contribution in [2.24, 2.45) is 23.3 Å². The van der Waals surface area contributed by atoms with Gasteiger partial charge in [-0.05, 0) is 7.05 Å². The van der Waals surface area contributed by atoms with Gasteiger partial charge in [0.2, 0.25) is 5.91 Å². The highest BCUT2D eigenvalue weighted by atomic mass is 16.1. The van der Waals surface area contributed by atoms with E-state index in [9.17, 15) is 4.79 Å². The van der Waals surface area contributed by atoms with Gasteiger partial charge in [-0.2, -0.15) is 0 Å². The third-order valence-electron chi connectivity index (χ3n) is 3.05. The summed E-state index contributed by atoms with van der Waals surface area (Å²) in [6.45, 7) is 1.84. The number of carbonyl (C=O) groups excluding carboxylic acids is 1. The Kier molecular flexibility index (Phi) is 1.13. The molecule has 11 heavy (non-hydrogen) atoms. The smallest absolute Gasteiger partial charge is 0.238 e. The topological polar surface area (TPSA) is 72.3 Å². The van der Waals surface area contributed by atoms with E-state index in [0.717, 1.165) is 13.1 Å². The highest BCUT2D eigenvalue weighted by molar-refractivity contribution is 5.89. The summed E-state index contributed by atoms with van der Waals surface area (Å²) in [5.41, 5.74) is 10.3. The Bertz CT molecular complexity index is 204. The van der Waals surface area contributed by atoms with Crippen molar-refractivity contribution in [2.75, 3.05) is 20.1 Å². The van der Waals surface area contributed by atoms with Crippen LogP contribution in [-0.2, 0) is 4.79 Å². The van der Waals surface area contributed by atoms with E-state index in [1.165, 1.54) is 0 Å². The fourth-order valence-electron chi connectivity index (χ4n) is 2.23. The van der Waals surface area contributed by atoms with Crippen LogP contribution >= 0.6 is 0 Å². The molecule has 1 heterocycles. The number of fused-ring (bicyclic) bond motifs is 1. The Morgan fingerprint density at radius 2 is 2.00 bits per heavy atom. The van der Waals surface area contributed by atoms with Crippen molar-refractivity contribution in [1.82, 2.24) is 4.90 Å². The molecule has 0 spiro atoms. The van der Waals surface area contributed by atoms with E-state index in [4.69, 9.17) is 11.5 Å². The van der Waals surface area contributed by atoms with Crippen LogP contribution in [0, 0.1) is 11.8 Å². The highest BCUT2D eigenvalue weighted by Crippen LogP contribution is 2.52. The molecule has 0 radical (unpaired) electrons. The highest BCUT2D eigenvalue weighted by Gasteiger charge is 2.69. The summed E-state index contributed by atoms with van der Waals surface area (Å²) in [7, 11) is 2.04. The first-order chi connectivity index (χ1) is 5.06. The van der Waals surface area contributed by atoms with Crippen molar-refractivity contribution >= 4 is 5.91 Å². The fourth-order valence-corrected chi connectivity index (χ4v) is 2.23. The minimum absolute atomic E-state index is 0.324. The van der Waals surface area contributed by atoms with Crippen molar-refractivity contribution in [1.29, 1.82) is 0 Å². The molecule has 1 amide bonds. The summed E-state index contributed by atoms with van der Waals surface area (Å²) in [5.74, 6) is 0.315. The minimum atomic E-state index is -0.660. The monoisotopic (exact) mass is 155 g/mol. The predicted molar refractivity (Wildman–Crippen MR) is 40.6 cm³/mol. The molecule has 0 bridgehead atoms. The number of piperidine rings is 1. The van der Waals surface area contributed by atoms with E-state index >= 15 is 0 Å². The maximum Gasteiger partial charge on any atom is 0.238 e. The molecule has 1 aliphatic carbocycles. The lowest BCUT2D eigenvalue weighted by Gasteiger charge is -2.17. The summed E-state index contributed by atoms with van der Waals surface area (Å²) in [6.07, 6.45) is 0. The Labute approximate surface area is 65.5 Å². The number of nitrogens with two attached hydrogens (primary N) is 2. The van der Waals surface area contributed by atoms with Crippen LogP contribution in [0.15, 0.2) is 0 Å². The van der Waals surface area contributed by atoms with E-state index in [0.29, 0.717) is 11.8 Å². The second kappa shape index (κ2) is 1.76. The Balaban J connectivity index is 2.11. The van der Waals surface area contributed by atoms with Crippen molar-refractivity contribution in [3.63, 3.8) is 0 Å². The van der Waals surface area contributed by atoms with Crippen molar-refractivity contribution in [3.8, 4) is 0 Å². The minimum Gasteiger partial charge on any atom is -0.368 e. The lowest BCUT2D eigenvalue weighted by molar-refractivity contribution is -0.121. The van der Waals surface area contributed by atoms with Crippen molar-refractivity contribution in [2.45, 2.75) is 5.54 Å². The number of rotatable bonds is 1. The molecule has 2 aliphatic rings. The van der Waals surface area contributed by atoms with Gasteiger partial charge in [0.15, 0.2) is 0 Å². The summed E-state index contributed by atoms with van der Waals surface area (Å²) in [6, 6.07) is 0. The van der Waals surface area contributed by atoms with Gasteiger partial charge in [0.25, 0.3) is 0 Å². The summed E-state index contributed by atoms with van der Waals surface area (Å²) in [5, 5.41) is 0. The van der Waals surface area contributed by atoms with Gasteiger partial charge in [-0.3, -0.25) is 4.79 Å². The molecule has 1 saturated carbocycles. The standard InChI is InChI=1S/C7H13N3O/c1-10-2-4-5(3-10)7(4,9)6(8)11/h4-5H,2-3,9H2,1H3,(H2,8,11). The first-order valence-corrected chi connectivity index (χ1v) is 3.84. The predicted octanol–water partition coefficient (Wildman–Crippen LogP) is -1.64. The maximum atomic E-state index is 10.9. The van der Waals surface area contributed by atoms with Crippen LogP contribution < -0.4 is 11.5 Å². The molecular weight excluding hydrogens is 142 g/mol. The molecule has 2 unspecified atom stereocenters. The summed E-state index contributed by atoms with van der Waals surface area (Å²) < 4.78 is 0. The number of likely N-dealkylation sites (tertiary alicyclic amines) is 1. The van der Waals surface area contributed by atoms with Gasteiger partial charge in [-0.25, -0.2) is 0 Å². The Morgan fingerprint density at radius 1 is 1.55 bits per heavy atom. The second-order valence-electron chi connectivity index (χ2n) is 3.73. The van der Waals surface area contributed by atoms with Gasteiger partial charge in [-0.1, -0.05) is 0 Å². The van der Waals surface area contributed by atoms with E-state index in [1.54, 1.807) is 0 Å². The third-order valence-corrected chi connectivity index (χ3v) is 3.05. The maximum absolute atomic E-state index is 10.9. The number of hydrogen-bond donors (Lipinski definition) is 2. The number of primary amides is 1. The first-order valence-electron chi connectivity index (χ1n) is 3.84. The van der Waals surface area contributed by atoms with Gasteiger partial charge < -0.3 is 16.4 Å². The van der Waals surface area contributed by atoms with Gasteiger partial charge in [0.05, 0.1) is 0 Å². The van der Waals surface area contributed by atoms with Crippen molar-refractivity contribution in [3.05, 3.63) is 0 Å². The molecule has 4 heteroatoms. The number of amides is 1. The molecule has 2 fully saturated rings. The molecule has 4 nitrogen and oxygen atoms in total. The van der Waals surface area contributed by atoms with Crippen LogP contribution in [0.2, 0.25) is 0 Å². The largest absolute Gasteiger partial charge is 0.368 e. The summed E-state index contributed by atoms with van der Waals surface area (Å²) >= 11 is 0. The van der Waals surface area contributed by atoms with E-state index < -0.39 is 5.54 Å². The molecule has 1 aliphatic heterocycles. The van der Waals surface area contributed by atoms with Crippen LogP contribution in [0.1, 0.15) is 0 Å². The van der Waals surface area contributed by atoms with Gasteiger partial charge in [0, 0.05) is 24.9 Å². The molecule has 62 valence electrons. The lowest BCUT2D eigenvalue weighted by Crippen LogP contribution is -2.46. The van der Waals surface area contributed by atoms with Crippen molar-refractivity contribution < 1.29 is 4.79 Å². The van der Waals surface area contributed by atoms with Crippen LogP contribution in [0.25, 0.3) is 0 Å². The molecular formula is C7H13N3O. The molecule has 2 rings (SSSR count). The Hall–Kier alpha value is -0.610. The van der Waals surface area contributed by atoms with Gasteiger partial charge in [-0.15, -0.1) is 0 Å². The zero-order chi connectivity index (χ0) is 8.22. The third kappa shape index (κ3) is 0.684. The zero-order valence-corrected chi connectivity index (χ0v) is 6.58. The SMILES string of the molecule is CN1CC2C(C1)C2(N)C(N)=O. The quantitative estimate of drug-likeness (QED) is 0.477. The average molecular weight is 155 g/mol. The van der Waals surface area contributed by atoms with E-state index in [-0.39, 0.29) is 5.91 Å². The Morgan fingerprint density at radius 3 is 2.36 bits per heavy atom. The normalized spacial score (nSPS) is 48.9.